The Bertz CT molecular complexity index is 1020. The molecule has 2 aromatic carbocycles. The predicted octanol–water partition coefficient (Wildman–Crippen LogP) is 4.62. The molecule has 1 amide bonds. The van der Waals surface area contributed by atoms with Gasteiger partial charge in [0.1, 0.15) is 5.75 Å². The van der Waals surface area contributed by atoms with E-state index in [9.17, 15) is 4.79 Å². The van der Waals surface area contributed by atoms with Gasteiger partial charge in [0.05, 0.1) is 12.2 Å². The second kappa shape index (κ2) is 7.64. The molecule has 1 fully saturated rings. The number of halogens is 1. The Morgan fingerprint density at radius 3 is 2.89 bits per heavy atom. The van der Waals surface area contributed by atoms with E-state index in [1.807, 2.05) is 56.3 Å². The second-order valence-corrected chi connectivity index (χ2v) is 7.08. The first-order chi connectivity index (χ1) is 13.6. The number of benzene rings is 2. The third-order valence-corrected chi connectivity index (χ3v) is 5.29. The molecule has 1 aromatic heterocycles. The molecule has 0 aliphatic carbocycles. The highest BCUT2D eigenvalue weighted by Crippen LogP contribution is 2.36. The first kappa shape index (κ1) is 18.5. The van der Waals surface area contributed by atoms with E-state index in [0.29, 0.717) is 42.1 Å². The van der Waals surface area contributed by atoms with Crippen molar-refractivity contribution in [2.24, 2.45) is 0 Å². The quantitative estimate of drug-likeness (QED) is 0.628. The maximum absolute atomic E-state index is 12.6. The Kier molecular flexibility index (Phi) is 5.05. The molecule has 1 atom stereocenters. The van der Waals surface area contributed by atoms with Gasteiger partial charge in [-0.1, -0.05) is 35.0 Å². The summed E-state index contributed by atoms with van der Waals surface area (Å²) in [5.74, 6) is 1.50. The highest BCUT2D eigenvalue weighted by molar-refractivity contribution is 6.31. The van der Waals surface area contributed by atoms with Crippen LogP contribution in [0.5, 0.6) is 5.75 Å². The molecule has 1 unspecified atom stereocenters. The molecule has 0 spiro atoms. The summed E-state index contributed by atoms with van der Waals surface area (Å²) >= 11 is 6.22. The van der Waals surface area contributed by atoms with E-state index in [2.05, 4.69) is 10.1 Å². The summed E-state index contributed by atoms with van der Waals surface area (Å²) in [5, 5.41) is 4.77. The Morgan fingerprint density at radius 2 is 2.07 bits per heavy atom. The average Bonchev–Trinajstić information content (AvgIpc) is 3.32. The van der Waals surface area contributed by atoms with Crippen molar-refractivity contribution in [3.63, 3.8) is 0 Å². The predicted molar refractivity (Wildman–Crippen MR) is 107 cm³/mol. The van der Waals surface area contributed by atoms with Crippen LogP contribution < -0.4 is 9.64 Å². The van der Waals surface area contributed by atoms with Crippen LogP contribution in [0.25, 0.3) is 11.5 Å². The molecule has 7 heteroatoms. The summed E-state index contributed by atoms with van der Waals surface area (Å²) in [6.07, 6.45) is 0.331. The highest BCUT2D eigenvalue weighted by atomic mass is 35.5. The van der Waals surface area contributed by atoms with Crippen molar-refractivity contribution >= 4 is 23.2 Å². The Labute approximate surface area is 168 Å². The van der Waals surface area contributed by atoms with Crippen molar-refractivity contribution in [3.05, 3.63) is 58.9 Å². The van der Waals surface area contributed by atoms with E-state index >= 15 is 0 Å². The number of aromatic nitrogens is 2. The Morgan fingerprint density at radius 1 is 1.25 bits per heavy atom. The van der Waals surface area contributed by atoms with Crippen molar-refractivity contribution in [3.8, 4) is 17.2 Å². The number of rotatable bonds is 5. The van der Waals surface area contributed by atoms with Gasteiger partial charge in [-0.2, -0.15) is 4.98 Å². The topological polar surface area (TPSA) is 68.5 Å². The fourth-order valence-corrected chi connectivity index (χ4v) is 3.61. The molecular weight excluding hydrogens is 378 g/mol. The lowest BCUT2D eigenvalue weighted by Crippen LogP contribution is -2.25. The van der Waals surface area contributed by atoms with Crippen LogP contribution in [0.1, 0.15) is 30.7 Å². The standard InChI is InChI=1S/C21H20ClN3O3/c1-3-27-18-10-5-4-7-15(18)21-23-20(24-28-21)14-11-19(26)25(12-14)17-9-6-8-16(22)13(17)2/h4-10,14H,3,11-12H2,1-2H3. The number of para-hydroxylation sites is 1. The third kappa shape index (κ3) is 3.36. The number of anilines is 1. The summed E-state index contributed by atoms with van der Waals surface area (Å²) in [5.41, 5.74) is 2.46. The number of hydrogen-bond donors (Lipinski definition) is 0. The summed E-state index contributed by atoms with van der Waals surface area (Å²) in [7, 11) is 0. The number of carbonyl (C=O) groups is 1. The van der Waals surface area contributed by atoms with Crippen LogP contribution in [0.2, 0.25) is 5.02 Å². The molecule has 0 N–H and O–H groups in total. The molecule has 1 aliphatic rings. The lowest BCUT2D eigenvalue weighted by Gasteiger charge is -2.19. The monoisotopic (exact) mass is 397 g/mol. The average molecular weight is 398 g/mol. The fourth-order valence-electron chi connectivity index (χ4n) is 3.44. The molecule has 0 bridgehead atoms. The van der Waals surface area contributed by atoms with E-state index < -0.39 is 0 Å². The molecule has 0 saturated carbocycles. The van der Waals surface area contributed by atoms with Crippen LogP contribution in [0.15, 0.2) is 47.0 Å². The van der Waals surface area contributed by atoms with Crippen molar-refractivity contribution in [1.82, 2.24) is 10.1 Å². The van der Waals surface area contributed by atoms with Gasteiger partial charge in [0.15, 0.2) is 5.82 Å². The molecule has 6 nitrogen and oxygen atoms in total. The molecule has 3 aromatic rings. The summed E-state index contributed by atoms with van der Waals surface area (Å²) in [4.78, 5) is 18.9. The van der Waals surface area contributed by atoms with E-state index in [-0.39, 0.29) is 11.8 Å². The van der Waals surface area contributed by atoms with Crippen LogP contribution >= 0.6 is 11.6 Å². The van der Waals surface area contributed by atoms with Gasteiger partial charge in [0, 0.05) is 29.6 Å². The minimum absolute atomic E-state index is 0.0245. The van der Waals surface area contributed by atoms with E-state index in [1.54, 1.807) is 4.90 Å². The maximum atomic E-state index is 12.6. The van der Waals surface area contributed by atoms with Crippen molar-refractivity contribution in [2.45, 2.75) is 26.2 Å². The van der Waals surface area contributed by atoms with Crippen molar-refractivity contribution < 1.29 is 14.1 Å². The first-order valence-corrected chi connectivity index (χ1v) is 9.57. The SMILES string of the molecule is CCOc1ccccc1-c1nc(C2CC(=O)N(c3cccc(Cl)c3C)C2)no1. The number of ether oxygens (including phenoxy) is 1. The summed E-state index contributed by atoms with van der Waals surface area (Å²) in [6, 6.07) is 13.1. The first-order valence-electron chi connectivity index (χ1n) is 9.19. The van der Waals surface area contributed by atoms with Gasteiger partial charge < -0.3 is 14.2 Å². The van der Waals surface area contributed by atoms with Gasteiger partial charge in [0.25, 0.3) is 5.89 Å². The van der Waals surface area contributed by atoms with Crippen LogP contribution in [0.3, 0.4) is 0 Å². The van der Waals surface area contributed by atoms with Crippen molar-refractivity contribution in [1.29, 1.82) is 0 Å². The lowest BCUT2D eigenvalue weighted by molar-refractivity contribution is -0.117. The molecule has 28 heavy (non-hydrogen) atoms. The van der Waals surface area contributed by atoms with E-state index in [1.165, 1.54) is 0 Å². The van der Waals surface area contributed by atoms with Gasteiger partial charge >= 0.3 is 0 Å². The minimum Gasteiger partial charge on any atom is -0.493 e. The molecule has 0 radical (unpaired) electrons. The van der Waals surface area contributed by atoms with Gasteiger partial charge in [-0.3, -0.25) is 4.79 Å². The minimum atomic E-state index is -0.136. The molecule has 144 valence electrons. The number of carbonyl (C=O) groups excluding carboxylic acids is 1. The van der Waals surface area contributed by atoms with Gasteiger partial charge in [-0.25, -0.2) is 0 Å². The van der Waals surface area contributed by atoms with Crippen LogP contribution in [0, 0.1) is 6.92 Å². The lowest BCUT2D eigenvalue weighted by atomic mass is 10.1. The van der Waals surface area contributed by atoms with E-state index in [0.717, 1.165) is 16.8 Å². The van der Waals surface area contributed by atoms with E-state index in [4.69, 9.17) is 20.9 Å². The zero-order valence-corrected chi connectivity index (χ0v) is 16.4. The Balaban J connectivity index is 1.59. The second-order valence-electron chi connectivity index (χ2n) is 6.68. The maximum Gasteiger partial charge on any atom is 0.261 e. The molecule has 1 aliphatic heterocycles. The highest BCUT2D eigenvalue weighted by Gasteiger charge is 2.35. The Hall–Kier alpha value is -2.86. The molecule has 2 heterocycles. The number of nitrogens with zero attached hydrogens (tertiary/aromatic N) is 3. The van der Waals surface area contributed by atoms with Crippen LogP contribution in [-0.4, -0.2) is 29.2 Å². The van der Waals surface area contributed by atoms with Crippen LogP contribution in [-0.2, 0) is 4.79 Å². The van der Waals surface area contributed by atoms with Gasteiger partial charge in [-0.15, -0.1) is 0 Å². The molecule has 4 rings (SSSR count). The smallest absolute Gasteiger partial charge is 0.261 e. The zero-order valence-electron chi connectivity index (χ0n) is 15.7. The summed E-state index contributed by atoms with van der Waals surface area (Å²) in [6.45, 7) is 4.87. The molecular formula is C21H20ClN3O3. The van der Waals surface area contributed by atoms with Gasteiger partial charge in [0.2, 0.25) is 5.91 Å². The zero-order chi connectivity index (χ0) is 19.7. The number of hydrogen-bond acceptors (Lipinski definition) is 5. The number of amides is 1. The normalized spacial score (nSPS) is 16.6. The van der Waals surface area contributed by atoms with Crippen molar-refractivity contribution in [2.75, 3.05) is 18.1 Å². The largest absolute Gasteiger partial charge is 0.493 e. The molecule has 1 saturated heterocycles. The summed E-state index contributed by atoms with van der Waals surface area (Å²) < 4.78 is 11.1. The third-order valence-electron chi connectivity index (χ3n) is 4.88. The van der Waals surface area contributed by atoms with Crippen LogP contribution in [0.4, 0.5) is 5.69 Å². The fraction of sp³-hybridized carbons (Fsp3) is 0.286. The van der Waals surface area contributed by atoms with Gasteiger partial charge in [-0.05, 0) is 43.7 Å².